The molecule has 0 atom stereocenters. The van der Waals surface area contributed by atoms with Crippen LogP contribution in [0.2, 0.25) is 0 Å². The Hall–Kier alpha value is -3.54. The van der Waals surface area contributed by atoms with Crippen molar-refractivity contribution in [3.63, 3.8) is 0 Å². The molecule has 0 radical (unpaired) electrons. The van der Waals surface area contributed by atoms with E-state index >= 15 is 0 Å². The highest BCUT2D eigenvalue weighted by molar-refractivity contribution is 5.94. The predicted molar refractivity (Wildman–Crippen MR) is 107 cm³/mol. The highest BCUT2D eigenvalue weighted by Crippen LogP contribution is 2.27. The summed E-state index contributed by atoms with van der Waals surface area (Å²) in [6.07, 6.45) is 1.68. The molecule has 1 aromatic heterocycles. The maximum Gasteiger partial charge on any atom is 0.283 e. The van der Waals surface area contributed by atoms with E-state index in [-0.39, 0.29) is 5.91 Å². The molecule has 6 nitrogen and oxygen atoms in total. The number of benzene rings is 2. The monoisotopic (exact) mass is 375 g/mol. The van der Waals surface area contributed by atoms with Gasteiger partial charge in [0.25, 0.3) is 5.91 Å². The number of primary amides is 1. The van der Waals surface area contributed by atoms with Crippen LogP contribution in [-0.4, -0.2) is 26.8 Å². The van der Waals surface area contributed by atoms with Gasteiger partial charge >= 0.3 is 0 Å². The molecule has 2 heterocycles. The molecule has 0 spiro atoms. The molecule has 0 unspecified atom stereocenters. The van der Waals surface area contributed by atoms with E-state index in [9.17, 15) is 14.7 Å². The normalized spacial score (nSPS) is 13.8. The van der Waals surface area contributed by atoms with Crippen molar-refractivity contribution in [2.24, 2.45) is 5.73 Å². The van der Waals surface area contributed by atoms with Gasteiger partial charge in [0.1, 0.15) is 0 Å². The van der Waals surface area contributed by atoms with Gasteiger partial charge in [-0.2, -0.15) is 0 Å². The smallest absolute Gasteiger partial charge is 0.283 e. The standard InChI is InChI=1S/C22H21N3O3/c1-13-18(17-4-2-3-5-19(17)24-13)10-21(27)25-11-15-7-6-14(8-16(15)12-25)9-20(26)22(23)28/h2-9,24,26H,10-12H2,1H3,(H2,23,28). The summed E-state index contributed by atoms with van der Waals surface area (Å²) in [5.41, 5.74) is 10.9. The van der Waals surface area contributed by atoms with Crippen molar-refractivity contribution in [3.8, 4) is 0 Å². The third-order valence-corrected chi connectivity index (χ3v) is 5.22. The van der Waals surface area contributed by atoms with E-state index in [2.05, 4.69) is 4.98 Å². The van der Waals surface area contributed by atoms with Crippen molar-refractivity contribution in [1.29, 1.82) is 0 Å². The van der Waals surface area contributed by atoms with Crippen molar-refractivity contribution in [2.45, 2.75) is 26.4 Å². The summed E-state index contributed by atoms with van der Waals surface area (Å²) in [5, 5.41) is 10.6. The van der Waals surface area contributed by atoms with E-state index in [1.165, 1.54) is 6.08 Å². The number of carbonyl (C=O) groups is 2. The molecular formula is C22H21N3O3. The Labute approximate surface area is 162 Å². The van der Waals surface area contributed by atoms with Gasteiger partial charge in [-0.15, -0.1) is 0 Å². The molecule has 3 aromatic rings. The highest BCUT2D eigenvalue weighted by atomic mass is 16.3. The zero-order chi connectivity index (χ0) is 19.8. The van der Waals surface area contributed by atoms with Gasteiger partial charge in [-0.3, -0.25) is 9.59 Å². The average molecular weight is 375 g/mol. The van der Waals surface area contributed by atoms with Crippen LogP contribution in [0.5, 0.6) is 0 Å². The first-order valence-corrected chi connectivity index (χ1v) is 9.08. The summed E-state index contributed by atoms with van der Waals surface area (Å²) in [4.78, 5) is 29.1. The molecule has 1 aliphatic rings. The summed E-state index contributed by atoms with van der Waals surface area (Å²) in [6, 6.07) is 13.6. The van der Waals surface area contributed by atoms with Gasteiger partial charge in [0, 0.05) is 29.7 Å². The van der Waals surface area contributed by atoms with Gasteiger partial charge in [0.05, 0.1) is 6.42 Å². The molecule has 6 heteroatoms. The molecule has 2 aromatic carbocycles. The van der Waals surface area contributed by atoms with Gasteiger partial charge in [-0.25, -0.2) is 0 Å². The topological polar surface area (TPSA) is 99.4 Å². The quantitative estimate of drug-likeness (QED) is 0.483. The SMILES string of the molecule is Cc1[nH]c2ccccc2c1CC(=O)N1Cc2ccc(C=C(O)C(N)=O)cc2C1. The van der Waals surface area contributed by atoms with Crippen molar-refractivity contribution in [1.82, 2.24) is 9.88 Å². The number of hydrogen-bond donors (Lipinski definition) is 3. The van der Waals surface area contributed by atoms with Gasteiger partial charge < -0.3 is 20.7 Å². The first-order chi connectivity index (χ1) is 13.4. The second-order valence-electron chi connectivity index (χ2n) is 7.12. The number of rotatable bonds is 4. The summed E-state index contributed by atoms with van der Waals surface area (Å²) in [7, 11) is 0. The Balaban J connectivity index is 1.52. The molecule has 28 heavy (non-hydrogen) atoms. The molecule has 0 fully saturated rings. The molecule has 0 saturated heterocycles. The molecule has 4 rings (SSSR count). The first-order valence-electron chi connectivity index (χ1n) is 9.08. The van der Waals surface area contributed by atoms with Crippen molar-refractivity contribution in [2.75, 3.05) is 0 Å². The number of aliphatic hydroxyl groups excluding tert-OH is 1. The number of aromatic amines is 1. The van der Waals surface area contributed by atoms with Crippen molar-refractivity contribution >= 4 is 28.8 Å². The Morgan fingerprint density at radius 2 is 1.93 bits per heavy atom. The Morgan fingerprint density at radius 3 is 2.71 bits per heavy atom. The number of amides is 2. The number of aliphatic hydroxyl groups is 1. The van der Waals surface area contributed by atoms with Crippen LogP contribution in [0.4, 0.5) is 0 Å². The molecule has 142 valence electrons. The minimum absolute atomic E-state index is 0.0705. The largest absolute Gasteiger partial charge is 0.503 e. The molecule has 0 aliphatic carbocycles. The number of hydrogen-bond acceptors (Lipinski definition) is 3. The highest BCUT2D eigenvalue weighted by Gasteiger charge is 2.24. The Morgan fingerprint density at radius 1 is 1.18 bits per heavy atom. The molecule has 0 saturated carbocycles. The van der Waals surface area contributed by atoms with E-state index in [4.69, 9.17) is 5.73 Å². The number of fused-ring (bicyclic) bond motifs is 2. The maximum atomic E-state index is 12.9. The van der Waals surface area contributed by atoms with E-state index in [1.54, 1.807) is 6.07 Å². The lowest BCUT2D eigenvalue weighted by Gasteiger charge is -2.15. The summed E-state index contributed by atoms with van der Waals surface area (Å²) in [6.45, 7) is 3.06. The van der Waals surface area contributed by atoms with Crippen molar-refractivity contribution in [3.05, 3.63) is 76.2 Å². The van der Waals surface area contributed by atoms with Crippen LogP contribution in [0.15, 0.2) is 48.2 Å². The minimum Gasteiger partial charge on any atom is -0.503 e. The number of aryl methyl sites for hydroxylation is 1. The third-order valence-electron chi connectivity index (χ3n) is 5.22. The van der Waals surface area contributed by atoms with Crippen LogP contribution < -0.4 is 5.73 Å². The Kier molecular flexibility index (Phi) is 4.39. The lowest BCUT2D eigenvalue weighted by Crippen LogP contribution is -2.27. The van der Waals surface area contributed by atoms with Crippen LogP contribution in [0, 0.1) is 6.92 Å². The second kappa shape index (κ2) is 6.88. The Bertz CT molecular complexity index is 1130. The minimum atomic E-state index is -0.869. The van der Waals surface area contributed by atoms with E-state index in [1.807, 2.05) is 48.2 Å². The van der Waals surface area contributed by atoms with Crippen LogP contribution >= 0.6 is 0 Å². The fourth-order valence-corrected chi connectivity index (χ4v) is 3.74. The van der Waals surface area contributed by atoms with Gasteiger partial charge in [-0.1, -0.05) is 30.3 Å². The number of H-pyrrole nitrogens is 1. The average Bonchev–Trinajstić information content (AvgIpc) is 3.22. The first kappa shape index (κ1) is 17.9. The van der Waals surface area contributed by atoms with E-state index < -0.39 is 11.7 Å². The number of aromatic nitrogens is 1. The number of nitrogens with two attached hydrogens (primary N) is 1. The van der Waals surface area contributed by atoms with Gasteiger partial charge in [-0.05, 0) is 47.4 Å². The lowest BCUT2D eigenvalue weighted by atomic mass is 10.1. The molecular weight excluding hydrogens is 354 g/mol. The summed E-state index contributed by atoms with van der Waals surface area (Å²) in [5.74, 6) is -1.28. The summed E-state index contributed by atoms with van der Waals surface area (Å²) >= 11 is 0. The lowest BCUT2D eigenvalue weighted by molar-refractivity contribution is -0.131. The zero-order valence-electron chi connectivity index (χ0n) is 15.5. The number of nitrogens with zero attached hydrogens (tertiary/aromatic N) is 1. The van der Waals surface area contributed by atoms with Gasteiger partial charge in [0.2, 0.25) is 5.91 Å². The van der Waals surface area contributed by atoms with Crippen LogP contribution in [0.25, 0.3) is 17.0 Å². The van der Waals surface area contributed by atoms with E-state index in [0.29, 0.717) is 25.1 Å². The van der Waals surface area contributed by atoms with E-state index in [0.717, 1.165) is 33.3 Å². The number of carbonyl (C=O) groups excluding carboxylic acids is 2. The second-order valence-corrected chi connectivity index (χ2v) is 7.12. The number of nitrogens with one attached hydrogen (secondary N) is 1. The fraction of sp³-hybridized carbons (Fsp3) is 0.182. The predicted octanol–water partition coefficient (Wildman–Crippen LogP) is 2.95. The third kappa shape index (κ3) is 3.24. The van der Waals surface area contributed by atoms with Crippen LogP contribution in [-0.2, 0) is 29.1 Å². The fourth-order valence-electron chi connectivity index (χ4n) is 3.74. The van der Waals surface area contributed by atoms with Crippen LogP contribution in [0.1, 0.15) is 27.9 Å². The van der Waals surface area contributed by atoms with Crippen molar-refractivity contribution < 1.29 is 14.7 Å². The molecule has 2 amide bonds. The zero-order valence-corrected chi connectivity index (χ0v) is 15.5. The maximum absolute atomic E-state index is 12.9. The van der Waals surface area contributed by atoms with Gasteiger partial charge in [0.15, 0.2) is 5.76 Å². The number of para-hydroxylation sites is 1. The molecule has 0 bridgehead atoms. The van der Waals surface area contributed by atoms with Crippen LogP contribution in [0.3, 0.4) is 0 Å². The summed E-state index contributed by atoms with van der Waals surface area (Å²) < 4.78 is 0. The molecule has 1 aliphatic heterocycles. The molecule has 4 N–H and O–H groups in total.